The van der Waals surface area contributed by atoms with Crippen LogP contribution in [-0.4, -0.2) is 43.3 Å². The van der Waals surface area contributed by atoms with Crippen molar-refractivity contribution in [1.82, 2.24) is 24.1 Å². The molecule has 0 bridgehead atoms. The predicted molar refractivity (Wildman–Crippen MR) is 103 cm³/mol. The second-order valence-electron chi connectivity index (χ2n) is 6.84. The maximum Gasteiger partial charge on any atom is 0.253 e. The Balaban J connectivity index is 1.78. The van der Waals surface area contributed by atoms with Gasteiger partial charge in [-0.25, -0.2) is 18.7 Å². The fourth-order valence-corrected chi connectivity index (χ4v) is 3.41. The van der Waals surface area contributed by atoms with Crippen LogP contribution >= 0.6 is 0 Å². The first-order valence-corrected chi connectivity index (χ1v) is 8.96. The Hall–Kier alpha value is -3.61. The Kier molecular flexibility index (Phi) is 4.58. The summed E-state index contributed by atoms with van der Waals surface area (Å²) in [6, 6.07) is 3.08. The van der Waals surface area contributed by atoms with Crippen molar-refractivity contribution in [3.63, 3.8) is 0 Å². The quantitative estimate of drug-likeness (QED) is 0.644. The molecule has 3 heterocycles. The van der Waals surface area contributed by atoms with Crippen LogP contribution in [0.25, 0.3) is 22.6 Å². The molecule has 1 saturated carbocycles. The number of halogens is 2. The van der Waals surface area contributed by atoms with Crippen molar-refractivity contribution in [2.24, 2.45) is 16.6 Å². The van der Waals surface area contributed by atoms with Crippen LogP contribution in [0.3, 0.4) is 0 Å². The number of rotatable bonds is 6. The van der Waals surface area contributed by atoms with Gasteiger partial charge in [-0.1, -0.05) is 0 Å². The Labute approximate surface area is 165 Å². The van der Waals surface area contributed by atoms with E-state index in [1.165, 1.54) is 10.9 Å². The van der Waals surface area contributed by atoms with Crippen molar-refractivity contribution in [2.45, 2.75) is 24.8 Å². The average Bonchev–Trinajstić information content (AvgIpc) is 3.12. The Bertz CT molecular complexity index is 1150. The molecule has 1 fully saturated rings. The molecule has 1 aliphatic carbocycles. The van der Waals surface area contributed by atoms with E-state index in [2.05, 4.69) is 20.1 Å². The highest BCUT2D eigenvalue weighted by atomic mass is 19.3. The van der Waals surface area contributed by atoms with Gasteiger partial charge in [0.05, 0.1) is 41.9 Å². The summed E-state index contributed by atoms with van der Waals surface area (Å²) in [4.78, 5) is 13.0. The molecule has 0 spiro atoms. The Morgan fingerprint density at radius 3 is 3.00 bits per heavy atom. The molecule has 29 heavy (non-hydrogen) atoms. The molecule has 4 rings (SSSR count). The summed E-state index contributed by atoms with van der Waals surface area (Å²) >= 11 is 0. The maximum absolute atomic E-state index is 13.6. The number of allylic oxidation sites excluding steroid dienone is 1. The van der Waals surface area contributed by atoms with Crippen LogP contribution in [-0.2, 0) is 0 Å². The van der Waals surface area contributed by atoms with Crippen LogP contribution in [0.2, 0.25) is 0 Å². The first-order chi connectivity index (χ1) is 14.0. The van der Waals surface area contributed by atoms with Gasteiger partial charge in [-0.05, 0) is 0 Å². The van der Waals surface area contributed by atoms with E-state index < -0.39 is 17.9 Å². The predicted octanol–water partition coefficient (Wildman–Crippen LogP) is 2.70. The molecule has 148 valence electrons. The van der Waals surface area contributed by atoms with Gasteiger partial charge in [0, 0.05) is 56.1 Å². The number of hydrogen-bond donors (Lipinski definition) is 1. The third-order valence-electron chi connectivity index (χ3n) is 4.97. The second-order valence-corrected chi connectivity index (χ2v) is 6.84. The van der Waals surface area contributed by atoms with E-state index in [-0.39, 0.29) is 12.8 Å². The summed E-state index contributed by atoms with van der Waals surface area (Å²) in [7, 11) is 1.63. The van der Waals surface area contributed by atoms with E-state index in [1.54, 1.807) is 48.5 Å². The molecule has 0 aromatic carbocycles. The van der Waals surface area contributed by atoms with Crippen LogP contribution in [0.15, 0.2) is 42.0 Å². The van der Waals surface area contributed by atoms with Gasteiger partial charge >= 0.3 is 0 Å². The van der Waals surface area contributed by atoms with Crippen LogP contribution in [0.4, 0.5) is 8.78 Å². The first-order valence-electron chi connectivity index (χ1n) is 8.96. The number of alkyl halides is 2. The molecule has 0 radical (unpaired) electrons. The molecular formula is C19H18F2N8. The number of nitrogens with zero attached hydrogens (tertiary/aromatic N) is 7. The lowest BCUT2D eigenvalue weighted by Gasteiger charge is -2.13. The molecule has 8 nitrogen and oxygen atoms in total. The smallest absolute Gasteiger partial charge is 0.253 e. The van der Waals surface area contributed by atoms with E-state index >= 15 is 0 Å². The highest BCUT2D eigenvalue weighted by Crippen LogP contribution is 2.55. The number of nitrogens with two attached hydrogens (primary N) is 1. The molecule has 1 aliphatic rings. The largest absolute Gasteiger partial charge is 0.404 e. The molecule has 3 aromatic heterocycles. The van der Waals surface area contributed by atoms with Gasteiger partial charge in [-0.15, -0.1) is 0 Å². The van der Waals surface area contributed by atoms with Gasteiger partial charge in [-0.2, -0.15) is 10.4 Å². The van der Waals surface area contributed by atoms with E-state index in [0.29, 0.717) is 28.3 Å². The summed E-state index contributed by atoms with van der Waals surface area (Å²) in [5.41, 5.74) is 8.15. The minimum atomic E-state index is -2.75. The van der Waals surface area contributed by atoms with Gasteiger partial charge in [0.2, 0.25) is 0 Å². The number of aliphatic imine (C=N–C) groups is 1. The summed E-state index contributed by atoms with van der Waals surface area (Å²) in [5, 5.41) is 13.3. The normalized spacial score (nSPS) is 19.5. The van der Waals surface area contributed by atoms with Crippen molar-refractivity contribution in [1.29, 1.82) is 5.26 Å². The van der Waals surface area contributed by atoms with E-state index in [0.717, 1.165) is 0 Å². The summed E-state index contributed by atoms with van der Waals surface area (Å²) in [5.74, 6) is -3.10. The standard InChI is InChI=1S/C19H18F2N8/c1-24-9-12(8-23)15-6-17-25-4-5-28(17)18(27-15)13-10-26-29(11-13)16(2-3-22)14-7-19(14,20)21/h4-6,8-11,14,16H,2,7,23H2,1H3/t14-,16-/m0/s1. The first kappa shape index (κ1) is 18.7. The van der Waals surface area contributed by atoms with Gasteiger partial charge in [-0.3, -0.25) is 14.1 Å². The molecule has 0 saturated heterocycles. The fraction of sp³-hybridized carbons (Fsp3) is 0.316. The average molecular weight is 396 g/mol. The second kappa shape index (κ2) is 7.09. The minimum Gasteiger partial charge on any atom is -0.404 e. The van der Waals surface area contributed by atoms with E-state index in [1.807, 2.05) is 6.07 Å². The minimum absolute atomic E-state index is 0.0393. The van der Waals surface area contributed by atoms with Crippen LogP contribution < -0.4 is 5.73 Å². The zero-order valence-electron chi connectivity index (χ0n) is 15.6. The molecule has 2 N–H and O–H groups in total. The molecule has 0 amide bonds. The third kappa shape index (κ3) is 3.35. The topological polar surface area (TPSA) is 110 Å². The van der Waals surface area contributed by atoms with E-state index in [9.17, 15) is 8.78 Å². The van der Waals surface area contributed by atoms with E-state index in [4.69, 9.17) is 11.0 Å². The van der Waals surface area contributed by atoms with Gasteiger partial charge in [0.15, 0.2) is 0 Å². The third-order valence-corrected chi connectivity index (χ3v) is 4.97. The van der Waals surface area contributed by atoms with Crippen LogP contribution in [0, 0.1) is 17.2 Å². The summed E-state index contributed by atoms with van der Waals surface area (Å²) < 4.78 is 30.4. The SMILES string of the molecule is CN=CC(=CN)c1cc2nccn2c(-c2cnn([C@@H](CC#N)[C@@H]3CC3(F)F)c2)n1. The molecule has 2 atom stereocenters. The fourth-order valence-electron chi connectivity index (χ4n) is 3.41. The lowest BCUT2D eigenvalue weighted by Crippen LogP contribution is -2.15. The summed E-state index contributed by atoms with van der Waals surface area (Å²) in [6.45, 7) is 0. The van der Waals surface area contributed by atoms with Gasteiger partial charge < -0.3 is 5.73 Å². The van der Waals surface area contributed by atoms with Crippen molar-refractivity contribution in [3.8, 4) is 17.5 Å². The van der Waals surface area contributed by atoms with Gasteiger partial charge in [0.1, 0.15) is 11.5 Å². The highest BCUT2D eigenvalue weighted by molar-refractivity contribution is 6.09. The van der Waals surface area contributed by atoms with Crippen LogP contribution in [0.5, 0.6) is 0 Å². The van der Waals surface area contributed by atoms with Crippen molar-refractivity contribution >= 4 is 17.4 Å². The zero-order chi connectivity index (χ0) is 20.6. The number of nitriles is 1. The number of fused-ring (bicyclic) bond motifs is 1. The van der Waals surface area contributed by atoms with Gasteiger partial charge in [0.25, 0.3) is 5.92 Å². The van der Waals surface area contributed by atoms with Crippen molar-refractivity contribution < 1.29 is 8.78 Å². The molecule has 10 heteroatoms. The number of hydrogen-bond acceptors (Lipinski definition) is 6. The Morgan fingerprint density at radius 1 is 1.55 bits per heavy atom. The summed E-state index contributed by atoms with van der Waals surface area (Å²) in [6.07, 6.45) is 9.31. The number of imidazole rings is 1. The monoisotopic (exact) mass is 396 g/mol. The van der Waals surface area contributed by atoms with Crippen molar-refractivity contribution in [2.75, 3.05) is 7.05 Å². The zero-order valence-corrected chi connectivity index (χ0v) is 15.6. The molecule has 0 aliphatic heterocycles. The highest BCUT2D eigenvalue weighted by Gasteiger charge is 2.61. The van der Waals surface area contributed by atoms with Crippen LogP contribution in [0.1, 0.15) is 24.6 Å². The van der Waals surface area contributed by atoms with Crippen molar-refractivity contribution in [3.05, 3.63) is 42.7 Å². The lowest BCUT2D eigenvalue weighted by atomic mass is 10.1. The molecular weight excluding hydrogens is 378 g/mol. The molecule has 3 aromatic rings. The molecule has 0 unspecified atom stereocenters. The lowest BCUT2D eigenvalue weighted by molar-refractivity contribution is 0.0847. The Morgan fingerprint density at radius 2 is 2.34 bits per heavy atom. The number of aromatic nitrogens is 5. The maximum atomic E-state index is 13.6.